The van der Waals surface area contributed by atoms with Gasteiger partial charge in [0, 0.05) is 11.0 Å². The highest BCUT2D eigenvalue weighted by Gasteiger charge is 2.15. The highest BCUT2D eigenvalue weighted by Crippen LogP contribution is 2.30. The molecule has 3 aromatic rings. The maximum absolute atomic E-state index is 13.9. The molecule has 0 heterocycles. The smallest absolute Gasteiger partial charge is 0.337 e. The minimum atomic E-state index is -0.537. The number of methoxy groups -OCH3 is 1. The van der Waals surface area contributed by atoms with Crippen LogP contribution in [0.2, 0.25) is 0 Å². The minimum Gasteiger partial charge on any atom is -0.465 e. The zero-order valence-electron chi connectivity index (χ0n) is 18.7. The number of esters is 1. The Morgan fingerprint density at radius 1 is 0.938 bits per heavy atom. The maximum Gasteiger partial charge on any atom is 0.337 e. The summed E-state index contributed by atoms with van der Waals surface area (Å²) in [7, 11) is 1.36. The number of rotatable bonds is 9. The lowest BCUT2D eigenvalue weighted by Crippen LogP contribution is -2.06. The zero-order valence-corrected chi connectivity index (χ0v) is 19.5. The first-order chi connectivity index (χ1) is 15.4. The van der Waals surface area contributed by atoms with Crippen molar-refractivity contribution < 1.29 is 18.3 Å². The zero-order chi connectivity index (χ0) is 23.1. The van der Waals surface area contributed by atoms with Crippen LogP contribution in [0.4, 0.5) is 8.78 Å². The number of hydrogen-bond acceptors (Lipinski definition) is 3. The Labute approximate surface area is 193 Å². The van der Waals surface area contributed by atoms with Gasteiger partial charge in [-0.3, -0.25) is 0 Å². The van der Waals surface area contributed by atoms with Crippen molar-refractivity contribution in [1.29, 1.82) is 0 Å². The first-order valence-electron chi connectivity index (χ1n) is 10.7. The third-order valence-electron chi connectivity index (χ3n) is 5.65. The summed E-state index contributed by atoms with van der Waals surface area (Å²) in [5.41, 5.74) is 4.86. The van der Waals surface area contributed by atoms with Crippen LogP contribution in [-0.2, 0) is 11.2 Å². The fourth-order valence-corrected chi connectivity index (χ4v) is 4.61. The molecular formula is C27H28F2O2S. The Morgan fingerprint density at radius 2 is 1.62 bits per heavy atom. The van der Waals surface area contributed by atoms with Crippen molar-refractivity contribution in [3.05, 3.63) is 100 Å². The quantitative estimate of drug-likeness (QED) is 0.193. The van der Waals surface area contributed by atoms with Crippen LogP contribution < -0.4 is 0 Å². The fourth-order valence-electron chi connectivity index (χ4n) is 3.74. The summed E-state index contributed by atoms with van der Waals surface area (Å²) in [6, 6.07) is 17.5. The molecule has 0 aliphatic carbocycles. The summed E-state index contributed by atoms with van der Waals surface area (Å²) in [5.74, 6) is -0.517. The SMILES string of the molecule is COC(=O)c1ccc(SCCCC(Cc2ccc(C)c(C)c2)c2cc(F)cc(F)c2)cc1. The number of thioether (sulfide) groups is 1. The molecule has 0 spiro atoms. The molecule has 32 heavy (non-hydrogen) atoms. The molecule has 0 radical (unpaired) electrons. The molecule has 0 N–H and O–H groups in total. The first-order valence-corrected chi connectivity index (χ1v) is 11.7. The predicted molar refractivity (Wildman–Crippen MR) is 126 cm³/mol. The first kappa shape index (κ1) is 24.0. The molecule has 168 valence electrons. The average Bonchev–Trinajstić information content (AvgIpc) is 2.77. The van der Waals surface area contributed by atoms with Gasteiger partial charge in [-0.05, 0) is 103 Å². The van der Waals surface area contributed by atoms with E-state index in [4.69, 9.17) is 4.74 Å². The van der Waals surface area contributed by atoms with Gasteiger partial charge in [0.15, 0.2) is 0 Å². The van der Waals surface area contributed by atoms with Crippen LogP contribution in [0.15, 0.2) is 65.6 Å². The Hall–Kier alpha value is -2.66. The molecule has 0 saturated carbocycles. The molecule has 0 aliphatic rings. The van der Waals surface area contributed by atoms with E-state index in [1.807, 2.05) is 12.1 Å². The van der Waals surface area contributed by atoms with Crippen molar-refractivity contribution in [1.82, 2.24) is 0 Å². The monoisotopic (exact) mass is 454 g/mol. The molecule has 0 saturated heterocycles. The van der Waals surface area contributed by atoms with Gasteiger partial charge in [0.25, 0.3) is 0 Å². The van der Waals surface area contributed by atoms with Gasteiger partial charge in [-0.15, -0.1) is 11.8 Å². The minimum absolute atomic E-state index is 0.0320. The lowest BCUT2D eigenvalue weighted by molar-refractivity contribution is 0.0600. The molecule has 2 nitrogen and oxygen atoms in total. The van der Waals surface area contributed by atoms with Gasteiger partial charge >= 0.3 is 5.97 Å². The summed E-state index contributed by atoms with van der Waals surface area (Å²) >= 11 is 1.70. The lowest BCUT2D eigenvalue weighted by atomic mass is 9.87. The van der Waals surface area contributed by atoms with Crippen LogP contribution in [0.5, 0.6) is 0 Å². The maximum atomic E-state index is 13.9. The van der Waals surface area contributed by atoms with Crippen LogP contribution in [0, 0.1) is 25.5 Å². The topological polar surface area (TPSA) is 26.3 Å². The van der Waals surface area contributed by atoms with E-state index in [1.54, 1.807) is 23.9 Å². The van der Waals surface area contributed by atoms with Gasteiger partial charge < -0.3 is 4.74 Å². The molecule has 3 aromatic carbocycles. The number of ether oxygens (including phenoxy) is 1. The third-order valence-corrected chi connectivity index (χ3v) is 6.75. The van der Waals surface area contributed by atoms with E-state index in [0.717, 1.165) is 36.0 Å². The second-order valence-electron chi connectivity index (χ2n) is 8.03. The molecule has 0 amide bonds. The van der Waals surface area contributed by atoms with E-state index in [-0.39, 0.29) is 11.9 Å². The van der Waals surface area contributed by atoms with Crippen LogP contribution in [0.1, 0.15) is 51.4 Å². The van der Waals surface area contributed by atoms with Crippen LogP contribution >= 0.6 is 11.8 Å². The number of hydrogen-bond donors (Lipinski definition) is 0. The molecule has 3 rings (SSSR count). The Balaban J connectivity index is 1.65. The highest BCUT2D eigenvalue weighted by atomic mass is 32.2. The second kappa shape index (κ2) is 11.3. The van der Waals surface area contributed by atoms with E-state index in [0.29, 0.717) is 11.1 Å². The van der Waals surface area contributed by atoms with Crippen LogP contribution in [0.25, 0.3) is 0 Å². The number of carbonyl (C=O) groups excluding carboxylic acids is 1. The van der Waals surface area contributed by atoms with E-state index in [9.17, 15) is 13.6 Å². The summed E-state index contributed by atoms with van der Waals surface area (Å²) in [6.07, 6.45) is 2.46. The molecular weight excluding hydrogens is 426 g/mol. The van der Waals surface area contributed by atoms with Gasteiger partial charge in [-0.2, -0.15) is 0 Å². The van der Waals surface area contributed by atoms with Gasteiger partial charge in [0.2, 0.25) is 0 Å². The van der Waals surface area contributed by atoms with Crippen LogP contribution in [0.3, 0.4) is 0 Å². The van der Waals surface area contributed by atoms with Crippen molar-refractivity contribution >= 4 is 17.7 Å². The van der Waals surface area contributed by atoms with Gasteiger partial charge in [-0.1, -0.05) is 18.2 Å². The van der Waals surface area contributed by atoms with Crippen molar-refractivity contribution in [3.8, 4) is 0 Å². The molecule has 1 unspecified atom stereocenters. The average molecular weight is 455 g/mol. The largest absolute Gasteiger partial charge is 0.465 e. The summed E-state index contributed by atoms with van der Waals surface area (Å²) in [4.78, 5) is 12.6. The van der Waals surface area contributed by atoms with E-state index in [2.05, 4.69) is 32.0 Å². The standard InChI is InChI=1S/C27H28F2O2S/c1-18-6-7-20(13-19(18)2)14-22(23-15-24(28)17-25(29)16-23)5-4-12-32-26-10-8-21(9-11-26)27(30)31-3/h6-11,13,15-17,22H,4-5,12,14H2,1-3H3. The summed E-state index contributed by atoms with van der Waals surface area (Å²) in [5, 5.41) is 0. The van der Waals surface area contributed by atoms with E-state index >= 15 is 0 Å². The summed E-state index contributed by atoms with van der Waals surface area (Å²) in [6.45, 7) is 4.16. The number of carbonyl (C=O) groups is 1. The van der Waals surface area contributed by atoms with Crippen LogP contribution in [-0.4, -0.2) is 18.8 Å². The fraction of sp³-hybridized carbons (Fsp3) is 0.296. The summed E-state index contributed by atoms with van der Waals surface area (Å²) < 4.78 is 32.5. The molecule has 5 heteroatoms. The molecule has 0 bridgehead atoms. The number of aryl methyl sites for hydroxylation is 2. The normalized spacial score (nSPS) is 11.9. The predicted octanol–water partition coefficient (Wildman–Crippen LogP) is 7.27. The Morgan fingerprint density at radius 3 is 2.25 bits per heavy atom. The van der Waals surface area contributed by atoms with Crippen molar-refractivity contribution in [2.24, 2.45) is 0 Å². The van der Waals surface area contributed by atoms with Crippen molar-refractivity contribution in [3.63, 3.8) is 0 Å². The molecule has 0 fully saturated rings. The third kappa shape index (κ3) is 6.67. The van der Waals surface area contributed by atoms with Crippen molar-refractivity contribution in [2.45, 2.75) is 43.9 Å². The van der Waals surface area contributed by atoms with Gasteiger partial charge in [0.05, 0.1) is 12.7 Å². The van der Waals surface area contributed by atoms with Gasteiger partial charge in [0.1, 0.15) is 11.6 Å². The number of halogens is 2. The highest BCUT2D eigenvalue weighted by molar-refractivity contribution is 7.99. The Bertz CT molecular complexity index is 1040. The lowest BCUT2D eigenvalue weighted by Gasteiger charge is -2.19. The molecule has 1 atom stereocenters. The van der Waals surface area contributed by atoms with Gasteiger partial charge in [-0.25, -0.2) is 13.6 Å². The van der Waals surface area contributed by atoms with Crippen molar-refractivity contribution in [2.75, 3.05) is 12.9 Å². The second-order valence-corrected chi connectivity index (χ2v) is 9.20. The molecule has 0 aromatic heterocycles. The number of benzene rings is 3. The van der Waals surface area contributed by atoms with E-state index in [1.165, 1.54) is 35.9 Å². The van der Waals surface area contributed by atoms with E-state index < -0.39 is 11.6 Å². The molecule has 0 aliphatic heterocycles. The Kier molecular flexibility index (Phi) is 8.46.